The molecule has 1 heterocycles. The lowest BCUT2D eigenvalue weighted by Crippen LogP contribution is -2.01. The summed E-state index contributed by atoms with van der Waals surface area (Å²) in [5.74, 6) is 0.862. The number of fused-ring (bicyclic) bond motifs is 1. The maximum absolute atomic E-state index is 6.27. The van der Waals surface area contributed by atoms with Crippen molar-refractivity contribution in [3.05, 3.63) is 58.8 Å². The van der Waals surface area contributed by atoms with Crippen LogP contribution in [0, 0.1) is 0 Å². The summed E-state index contributed by atoms with van der Waals surface area (Å²) in [6.45, 7) is 1.94. The lowest BCUT2D eigenvalue weighted by atomic mass is 10.2. The first kappa shape index (κ1) is 12.7. The molecule has 4 heteroatoms. The Hall–Kier alpha value is -1.32. The van der Waals surface area contributed by atoms with Gasteiger partial charge in [-0.2, -0.15) is 0 Å². The van der Waals surface area contributed by atoms with Crippen LogP contribution in [0.4, 0.5) is 0 Å². The normalized spacial score (nSPS) is 12.8. The molecular weight excluding hydrogens is 324 g/mol. The standard InChI is InChI=1S/C15H12BrClN2/c1-10(17)15-18-13-9-11(16)7-8-14(13)19(15)12-5-3-2-4-6-12/h2-10H,1H3. The van der Waals surface area contributed by atoms with Crippen LogP contribution in [-0.2, 0) is 0 Å². The number of hydrogen-bond acceptors (Lipinski definition) is 1. The second-order valence-electron chi connectivity index (χ2n) is 4.39. The summed E-state index contributed by atoms with van der Waals surface area (Å²) in [5.41, 5.74) is 3.09. The van der Waals surface area contributed by atoms with Gasteiger partial charge in [0.05, 0.1) is 16.4 Å². The van der Waals surface area contributed by atoms with Gasteiger partial charge in [-0.1, -0.05) is 34.1 Å². The van der Waals surface area contributed by atoms with Gasteiger partial charge in [-0.25, -0.2) is 4.98 Å². The highest BCUT2D eigenvalue weighted by atomic mass is 79.9. The van der Waals surface area contributed by atoms with Crippen molar-refractivity contribution in [3.63, 3.8) is 0 Å². The molecule has 2 aromatic carbocycles. The van der Waals surface area contributed by atoms with E-state index >= 15 is 0 Å². The van der Waals surface area contributed by atoms with Gasteiger partial charge >= 0.3 is 0 Å². The predicted molar refractivity (Wildman–Crippen MR) is 83.0 cm³/mol. The Morgan fingerprint density at radius 2 is 1.89 bits per heavy atom. The molecule has 0 aliphatic carbocycles. The van der Waals surface area contributed by atoms with E-state index in [4.69, 9.17) is 11.6 Å². The van der Waals surface area contributed by atoms with Crippen molar-refractivity contribution >= 4 is 38.6 Å². The van der Waals surface area contributed by atoms with Gasteiger partial charge in [-0.15, -0.1) is 11.6 Å². The number of hydrogen-bond donors (Lipinski definition) is 0. The second kappa shape index (κ2) is 4.99. The van der Waals surface area contributed by atoms with Crippen LogP contribution in [0.15, 0.2) is 53.0 Å². The molecule has 0 radical (unpaired) electrons. The second-order valence-corrected chi connectivity index (χ2v) is 5.96. The van der Waals surface area contributed by atoms with E-state index in [0.29, 0.717) is 0 Å². The van der Waals surface area contributed by atoms with Crippen molar-refractivity contribution in [1.82, 2.24) is 9.55 Å². The molecule has 0 fully saturated rings. The molecule has 1 aromatic heterocycles. The van der Waals surface area contributed by atoms with Crippen LogP contribution < -0.4 is 0 Å². The van der Waals surface area contributed by atoms with Crippen LogP contribution in [-0.4, -0.2) is 9.55 Å². The highest BCUT2D eigenvalue weighted by molar-refractivity contribution is 9.10. The van der Waals surface area contributed by atoms with Crippen LogP contribution in [0.5, 0.6) is 0 Å². The van der Waals surface area contributed by atoms with Crippen LogP contribution in [0.1, 0.15) is 18.1 Å². The van der Waals surface area contributed by atoms with Gasteiger partial charge in [0.1, 0.15) is 5.82 Å². The topological polar surface area (TPSA) is 17.8 Å². The van der Waals surface area contributed by atoms with Crippen molar-refractivity contribution in [1.29, 1.82) is 0 Å². The highest BCUT2D eigenvalue weighted by Gasteiger charge is 2.16. The summed E-state index contributed by atoms with van der Waals surface area (Å²) < 4.78 is 3.13. The number of nitrogens with zero attached hydrogens (tertiary/aromatic N) is 2. The number of benzene rings is 2. The first-order valence-electron chi connectivity index (χ1n) is 6.04. The molecule has 0 aliphatic heterocycles. The molecule has 0 bridgehead atoms. The minimum absolute atomic E-state index is 0.147. The molecule has 0 aliphatic rings. The molecule has 0 saturated heterocycles. The lowest BCUT2D eigenvalue weighted by molar-refractivity contribution is 0.882. The molecule has 1 atom stereocenters. The van der Waals surface area contributed by atoms with Gasteiger partial charge in [0.2, 0.25) is 0 Å². The zero-order valence-electron chi connectivity index (χ0n) is 10.3. The summed E-state index contributed by atoms with van der Waals surface area (Å²) in [6, 6.07) is 16.2. The van der Waals surface area contributed by atoms with E-state index in [1.807, 2.05) is 37.3 Å². The maximum atomic E-state index is 6.27. The summed E-state index contributed by atoms with van der Waals surface area (Å²) in [6.07, 6.45) is 0. The summed E-state index contributed by atoms with van der Waals surface area (Å²) in [7, 11) is 0. The Labute approximate surface area is 125 Å². The minimum atomic E-state index is -0.147. The van der Waals surface area contributed by atoms with Gasteiger partial charge in [0.15, 0.2) is 0 Å². The minimum Gasteiger partial charge on any atom is -0.295 e. The van der Waals surface area contributed by atoms with E-state index in [1.165, 1.54) is 0 Å². The molecule has 0 amide bonds. The average molecular weight is 336 g/mol. The molecule has 2 nitrogen and oxygen atoms in total. The molecule has 0 N–H and O–H groups in total. The van der Waals surface area contributed by atoms with Crippen LogP contribution in [0.3, 0.4) is 0 Å². The number of imidazole rings is 1. The van der Waals surface area contributed by atoms with E-state index in [0.717, 1.165) is 27.0 Å². The van der Waals surface area contributed by atoms with E-state index < -0.39 is 0 Å². The lowest BCUT2D eigenvalue weighted by Gasteiger charge is -2.10. The summed E-state index contributed by atoms with van der Waals surface area (Å²) in [4.78, 5) is 4.65. The van der Waals surface area contributed by atoms with Gasteiger partial charge in [-0.3, -0.25) is 4.57 Å². The van der Waals surface area contributed by atoms with E-state index in [1.54, 1.807) is 0 Å². The third-order valence-electron chi connectivity index (χ3n) is 3.01. The molecule has 0 spiro atoms. The number of rotatable bonds is 2. The molecular formula is C15H12BrClN2. The van der Waals surface area contributed by atoms with Crippen molar-refractivity contribution in [3.8, 4) is 5.69 Å². The van der Waals surface area contributed by atoms with Crippen LogP contribution in [0.2, 0.25) is 0 Å². The van der Waals surface area contributed by atoms with Crippen LogP contribution >= 0.6 is 27.5 Å². The van der Waals surface area contributed by atoms with Gasteiger partial charge in [-0.05, 0) is 37.3 Å². The van der Waals surface area contributed by atoms with E-state index in [-0.39, 0.29) is 5.38 Å². The fourth-order valence-corrected chi connectivity index (χ4v) is 2.68. The SMILES string of the molecule is CC(Cl)c1nc2cc(Br)ccc2n1-c1ccccc1. The van der Waals surface area contributed by atoms with Crippen molar-refractivity contribution in [2.75, 3.05) is 0 Å². The fourth-order valence-electron chi connectivity index (χ4n) is 2.19. The first-order chi connectivity index (χ1) is 9.16. The number of para-hydroxylation sites is 1. The van der Waals surface area contributed by atoms with Gasteiger partial charge in [0.25, 0.3) is 0 Å². The molecule has 3 aromatic rings. The highest BCUT2D eigenvalue weighted by Crippen LogP contribution is 2.29. The molecule has 3 rings (SSSR count). The Morgan fingerprint density at radius 1 is 1.16 bits per heavy atom. The Bertz CT molecular complexity index is 720. The van der Waals surface area contributed by atoms with Crippen LogP contribution in [0.25, 0.3) is 16.7 Å². The molecule has 96 valence electrons. The van der Waals surface area contributed by atoms with Gasteiger partial charge < -0.3 is 0 Å². The largest absolute Gasteiger partial charge is 0.295 e. The monoisotopic (exact) mass is 334 g/mol. The van der Waals surface area contributed by atoms with Crippen molar-refractivity contribution in [2.24, 2.45) is 0 Å². The maximum Gasteiger partial charge on any atom is 0.132 e. The third kappa shape index (κ3) is 2.28. The average Bonchev–Trinajstić information content (AvgIpc) is 2.78. The fraction of sp³-hybridized carbons (Fsp3) is 0.133. The van der Waals surface area contributed by atoms with E-state index in [2.05, 4.69) is 43.7 Å². The molecule has 1 unspecified atom stereocenters. The third-order valence-corrected chi connectivity index (χ3v) is 3.70. The summed E-state index contributed by atoms with van der Waals surface area (Å²) >= 11 is 9.75. The number of alkyl halides is 1. The number of aromatic nitrogens is 2. The summed E-state index contributed by atoms with van der Waals surface area (Å²) in [5, 5.41) is -0.147. The zero-order chi connectivity index (χ0) is 13.4. The molecule has 19 heavy (non-hydrogen) atoms. The Balaban J connectivity index is 2.35. The zero-order valence-corrected chi connectivity index (χ0v) is 12.7. The quantitative estimate of drug-likeness (QED) is 0.597. The predicted octanol–water partition coefficient (Wildman–Crippen LogP) is 5.09. The van der Waals surface area contributed by atoms with Crippen molar-refractivity contribution in [2.45, 2.75) is 12.3 Å². The van der Waals surface area contributed by atoms with E-state index in [9.17, 15) is 0 Å². The Kier molecular flexibility index (Phi) is 3.33. The number of halogens is 2. The van der Waals surface area contributed by atoms with Crippen molar-refractivity contribution < 1.29 is 0 Å². The van der Waals surface area contributed by atoms with Gasteiger partial charge in [0, 0.05) is 10.2 Å². The smallest absolute Gasteiger partial charge is 0.132 e. The first-order valence-corrected chi connectivity index (χ1v) is 7.27. The molecule has 0 saturated carbocycles. The Morgan fingerprint density at radius 3 is 2.58 bits per heavy atom.